The topological polar surface area (TPSA) is 62.7 Å². The molecule has 1 aromatic carbocycles. The summed E-state index contributed by atoms with van der Waals surface area (Å²) in [6.07, 6.45) is 4.81. The molecular formula is C20H25N3O3S. The van der Waals surface area contributed by atoms with Crippen LogP contribution in [0.1, 0.15) is 30.0 Å². The summed E-state index contributed by atoms with van der Waals surface area (Å²) in [5, 5.41) is 0. The number of rotatable bonds is 4. The number of aryl methyl sites for hydroxylation is 1. The molecule has 0 N–H and O–H groups in total. The lowest BCUT2D eigenvalue weighted by molar-refractivity contribution is 0.0730. The van der Waals surface area contributed by atoms with Crippen molar-refractivity contribution in [1.82, 2.24) is 9.29 Å². The third-order valence-corrected chi connectivity index (χ3v) is 7.38. The Labute approximate surface area is 160 Å². The highest BCUT2D eigenvalue weighted by molar-refractivity contribution is 7.89. The van der Waals surface area contributed by atoms with Gasteiger partial charge in [-0.05, 0) is 42.5 Å². The number of nitrogens with zero attached hydrogens (tertiary/aromatic N) is 3. The van der Waals surface area contributed by atoms with E-state index in [2.05, 4.69) is 34.1 Å². The number of anilines is 1. The second-order valence-electron chi connectivity index (χ2n) is 7.09. The minimum absolute atomic E-state index is 0.241. The van der Waals surface area contributed by atoms with Crippen molar-refractivity contribution in [2.45, 2.75) is 30.2 Å². The smallest absolute Gasteiger partial charge is 0.244 e. The molecule has 1 atom stereocenters. The molecule has 2 aromatic rings. The molecule has 0 spiro atoms. The van der Waals surface area contributed by atoms with E-state index in [1.54, 1.807) is 6.07 Å². The molecule has 7 heteroatoms. The number of morpholine rings is 1. The molecule has 0 amide bonds. The molecule has 0 radical (unpaired) electrons. The quantitative estimate of drug-likeness (QED) is 0.807. The summed E-state index contributed by atoms with van der Waals surface area (Å²) in [4.78, 5) is 6.87. The van der Waals surface area contributed by atoms with E-state index in [0.717, 1.165) is 25.1 Å². The van der Waals surface area contributed by atoms with E-state index in [-0.39, 0.29) is 10.9 Å². The maximum Gasteiger partial charge on any atom is 0.244 e. The normalized spacial score (nSPS) is 20.9. The molecule has 1 aromatic heterocycles. The zero-order chi connectivity index (χ0) is 18.9. The van der Waals surface area contributed by atoms with Gasteiger partial charge in [0.25, 0.3) is 0 Å². The molecular weight excluding hydrogens is 362 g/mol. The molecule has 1 fully saturated rings. The number of sulfonamides is 1. The van der Waals surface area contributed by atoms with Gasteiger partial charge in [0.2, 0.25) is 10.0 Å². The van der Waals surface area contributed by atoms with E-state index >= 15 is 0 Å². The summed E-state index contributed by atoms with van der Waals surface area (Å²) in [7, 11) is -1.47. The van der Waals surface area contributed by atoms with Crippen LogP contribution >= 0.6 is 0 Å². The van der Waals surface area contributed by atoms with Gasteiger partial charge in [-0.25, -0.2) is 13.4 Å². The molecule has 0 saturated carbocycles. The first-order valence-corrected chi connectivity index (χ1v) is 10.9. The molecule has 2 heterocycles. The minimum atomic E-state index is -3.51. The predicted octanol–water partition coefficient (Wildman–Crippen LogP) is 2.62. The van der Waals surface area contributed by atoms with Gasteiger partial charge in [-0.1, -0.05) is 24.3 Å². The third-order valence-electron chi connectivity index (χ3n) is 5.50. The van der Waals surface area contributed by atoms with Gasteiger partial charge in [0.1, 0.15) is 10.7 Å². The molecule has 0 bridgehead atoms. The van der Waals surface area contributed by atoms with Gasteiger partial charge >= 0.3 is 0 Å². The Bertz CT molecular complexity index is 893. The summed E-state index contributed by atoms with van der Waals surface area (Å²) < 4.78 is 32.2. The SMILES string of the molecule is CN(c1ccc(S(=O)(=O)N2CCOCC2)cn1)[C@@H]1CCCc2ccccc21. The van der Waals surface area contributed by atoms with E-state index in [1.807, 2.05) is 13.1 Å². The predicted molar refractivity (Wildman–Crippen MR) is 104 cm³/mol. The highest BCUT2D eigenvalue weighted by Gasteiger charge is 2.28. The van der Waals surface area contributed by atoms with Crippen LogP contribution in [0.3, 0.4) is 0 Å². The highest BCUT2D eigenvalue weighted by Crippen LogP contribution is 2.35. The van der Waals surface area contributed by atoms with Crippen LogP contribution in [0, 0.1) is 0 Å². The number of hydrogen-bond acceptors (Lipinski definition) is 5. The van der Waals surface area contributed by atoms with E-state index < -0.39 is 10.0 Å². The fourth-order valence-corrected chi connectivity index (χ4v) is 5.31. The van der Waals surface area contributed by atoms with Crippen LogP contribution in [-0.4, -0.2) is 51.1 Å². The second-order valence-corrected chi connectivity index (χ2v) is 9.02. The molecule has 144 valence electrons. The molecule has 1 aliphatic carbocycles. The van der Waals surface area contributed by atoms with E-state index in [1.165, 1.54) is 21.6 Å². The van der Waals surface area contributed by atoms with Crippen LogP contribution in [0.4, 0.5) is 5.82 Å². The monoisotopic (exact) mass is 387 g/mol. The maximum atomic E-state index is 12.8. The van der Waals surface area contributed by atoms with Crippen molar-refractivity contribution in [2.75, 3.05) is 38.3 Å². The van der Waals surface area contributed by atoms with Gasteiger partial charge in [-0.2, -0.15) is 4.31 Å². The molecule has 1 saturated heterocycles. The Balaban J connectivity index is 1.56. The summed E-state index contributed by atoms with van der Waals surface area (Å²) >= 11 is 0. The summed E-state index contributed by atoms with van der Waals surface area (Å²) in [6.45, 7) is 1.66. The minimum Gasteiger partial charge on any atom is -0.379 e. The fraction of sp³-hybridized carbons (Fsp3) is 0.450. The Hall–Kier alpha value is -1.96. The van der Waals surface area contributed by atoms with Crippen LogP contribution in [0.5, 0.6) is 0 Å². The molecule has 4 rings (SSSR count). The van der Waals surface area contributed by atoms with Crippen molar-refractivity contribution in [3.63, 3.8) is 0 Å². The summed E-state index contributed by atoms with van der Waals surface area (Å²) in [5.74, 6) is 0.789. The van der Waals surface area contributed by atoms with Crippen molar-refractivity contribution < 1.29 is 13.2 Å². The molecule has 27 heavy (non-hydrogen) atoms. The van der Waals surface area contributed by atoms with Crippen LogP contribution in [0.15, 0.2) is 47.5 Å². The average Bonchev–Trinajstić information content (AvgIpc) is 2.73. The van der Waals surface area contributed by atoms with Crippen molar-refractivity contribution >= 4 is 15.8 Å². The lowest BCUT2D eigenvalue weighted by Gasteiger charge is -2.34. The number of fused-ring (bicyclic) bond motifs is 1. The fourth-order valence-electron chi connectivity index (χ4n) is 3.96. The number of benzene rings is 1. The summed E-state index contributed by atoms with van der Waals surface area (Å²) in [6, 6.07) is 12.3. The van der Waals surface area contributed by atoms with E-state index in [0.29, 0.717) is 26.3 Å². The maximum absolute atomic E-state index is 12.8. The first kappa shape index (κ1) is 18.4. The second kappa shape index (κ2) is 7.58. The van der Waals surface area contributed by atoms with Crippen molar-refractivity contribution in [3.8, 4) is 0 Å². The van der Waals surface area contributed by atoms with Gasteiger partial charge in [-0.15, -0.1) is 0 Å². The van der Waals surface area contributed by atoms with E-state index in [4.69, 9.17) is 4.74 Å². The third kappa shape index (κ3) is 3.59. The largest absolute Gasteiger partial charge is 0.379 e. The Kier molecular flexibility index (Phi) is 5.16. The lowest BCUT2D eigenvalue weighted by atomic mass is 9.87. The van der Waals surface area contributed by atoms with Crippen LogP contribution in [-0.2, 0) is 21.2 Å². The number of hydrogen-bond donors (Lipinski definition) is 0. The lowest BCUT2D eigenvalue weighted by Crippen LogP contribution is -2.40. The zero-order valence-electron chi connectivity index (χ0n) is 15.5. The van der Waals surface area contributed by atoms with Crippen LogP contribution in [0.2, 0.25) is 0 Å². The first-order chi connectivity index (χ1) is 13.1. The highest BCUT2D eigenvalue weighted by atomic mass is 32.2. The number of ether oxygens (including phenoxy) is 1. The van der Waals surface area contributed by atoms with Crippen molar-refractivity contribution in [1.29, 1.82) is 0 Å². The van der Waals surface area contributed by atoms with Gasteiger partial charge < -0.3 is 9.64 Å². The Morgan fingerprint density at radius 2 is 1.93 bits per heavy atom. The van der Waals surface area contributed by atoms with Crippen LogP contribution in [0.25, 0.3) is 0 Å². The Morgan fingerprint density at radius 1 is 1.15 bits per heavy atom. The molecule has 2 aliphatic rings. The Morgan fingerprint density at radius 3 is 2.67 bits per heavy atom. The van der Waals surface area contributed by atoms with Crippen LogP contribution < -0.4 is 4.90 Å². The van der Waals surface area contributed by atoms with Gasteiger partial charge in [0, 0.05) is 26.3 Å². The zero-order valence-corrected chi connectivity index (χ0v) is 16.4. The van der Waals surface area contributed by atoms with Gasteiger partial charge in [-0.3, -0.25) is 0 Å². The molecule has 0 unspecified atom stereocenters. The summed E-state index contributed by atoms with van der Waals surface area (Å²) in [5.41, 5.74) is 2.74. The number of pyridine rings is 1. The average molecular weight is 388 g/mol. The molecule has 6 nitrogen and oxygen atoms in total. The standard InChI is InChI=1S/C20H25N3O3S/c1-22(19-8-4-6-16-5-2-3-7-18(16)19)20-10-9-17(15-21-20)27(24,25)23-11-13-26-14-12-23/h2-3,5,7,9-10,15,19H,4,6,8,11-14H2,1H3/t19-/m1/s1. The van der Waals surface area contributed by atoms with E-state index in [9.17, 15) is 8.42 Å². The number of aromatic nitrogens is 1. The molecule has 1 aliphatic heterocycles. The van der Waals surface area contributed by atoms with Gasteiger partial charge in [0.05, 0.1) is 19.3 Å². The van der Waals surface area contributed by atoms with Gasteiger partial charge in [0.15, 0.2) is 0 Å². The first-order valence-electron chi connectivity index (χ1n) is 9.42. The van der Waals surface area contributed by atoms with Crippen molar-refractivity contribution in [3.05, 3.63) is 53.7 Å². The van der Waals surface area contributed by atoms with Crippen molar-refractivity contribution in [2.24, 2.45) is 0 Å².